The lowest BCUT2D eigenvalue weighted by Crippen LogP contribution is -2.48. The third-order valence-corrected chi connectivity index (χ3v) is 3.01. The predicted octanol–water partition coefficient (Wildman–Crippen LogP) is 1.49. The lowest BCUT2D eigenvalue weighted by Gasteiger charge is -2.31. The van der Waals surface area contributed by atoms with Crippen molar-refractivity contribution in [3.05, 3.63) is 35.1 Å². The summed E-state index contributed by atoms with van der Waals surface area (Å²) in [6, 6.07) is 7.13. The molecule has 1 aliphatic rings. The van der Waals surface area contributed by atoms with Crippen LogP contribution in [0.3, 0.4) is 0 Å². The first kappa shape index (κ1) is 12.0. The van der Waals surface area contributed by atoms with Crippen molar-refractivity contribution in [2.45, 2.75) is 19.5 Å². The molecule has 1 fully saturated rings. The normalized spacial score (nSPS) is 21.1. The van der Waals surface area contributed by atoms with Gasteiger partial charge in [0.1, 0.15) is 11.9 Å². The van der Waals surface area contributed by atoms with E-state index in [2.05, 4.69) is 17.1 Å². The molecule has 1 N–H and O–H groups in total. The number of nitriles is 1. The fourth-order valence-corrected chi connectivity index (χ4v) is 2.17. The van der Waals surface area contributed by atoms with Crippen LogP contribution in [0, 0.1) is 17.1 Å². The zero-order valence-electron chi connectivity index (χ0n) is 9.91. The largest absolute Gasteiger partial charge is 0.312 e. The van der Waals surface area contributed by atoms with Crippen LogP contribution in [-0.2, 0) is 6.54 Å². The standard InChI is InChI=1S/C13H16FN3/c1-10-8-17(5-4-16-10)9-11-2-3-13(14)12(6-11)7-15/h2-3,6,10,16H,4-5,8-9H2,1H3/t10-/m1/s1. The molecule has 3 nitrogen and oxygen atoms in total. The van der Waals surface area contributed by atoms with Crippen molar-refractivity contribution in [3.63, 3.8) is 0 Å². The molecule has 0 saturated carbocycles. The molecule has 1 aliphatic heterocycles. The van der Waals surface area contributed by atoms with Gasteiger partial charge in [0.25, 0.3) is 0 Å². The summed E-state index contributed by atoms with van der Waals surface area (Å²) in [6.07, 6.45) is 0. The Morgan fingerprint density at radius 3 is 3.12 bits per heavy atom. The molecule has 1 aromatic rings. The van der Waals surface area contributed by atoms with Gasteiger partial charge in [-0.15, -0.1) is 0 Å². The summed E-state index contributed by atoms with van der Waals surface area (Å²) in [5.74, 6) is -0.440. The van der Waals surface area contributed by atoms with Gasteiger partial charge in [-0.2, -0.15) is 5.26 Å². The van der Waals surface area contributed by atoms with Gasteiger partial charge in [-0.05, 0) is 24.6 Å². The van der Waals surface area contributed by atoms with Crippen LogP contribution in [-0.4, -0.2) is 30.6 Å². The molecular weight excluding hydrogens is 217 g/mol. The summed E-state index contributed by atoms with van der Waals surface area (Å²) in [5, 5.41) is 12.2. The Morgan fingerprint density at radius 2 is 2.41 bits per heavy atom. The van der Waals surface area contributed by atoms with Crippen LogP contribution >= 0.6 is 0 Å². The average Bonchev–Trinajstić information content (AvgIpc) is 2.32. The second-order valence-electron chi connectivity index (χ2n) is 4.52. The summed E-state index contributed by atoms with van der Waals surface area (Å²) in [7, 11) is 0. The molecule has 1 atom stereocenters. The number of hydrogen-bond acceptors (Lipinski definition) is 3. The lowest BCUT2D eigenvalue weighted by molar-refractivity contribution is 0.199. The minimum atomic E-state index is -0.440. The highest BCUT2D eigenvalue weighted by atomic mass is 19.1. The molecule has 4 heteroatoms. The van der Waals surface area contributed by atoms with E-state index in [1.165, 1.54) is 6.07 Å². The second kappa shape index (κ2) is 5.26. The molecule has 0 radical (unpaired) electrons. The smallest absolute Gasteiger partial charge is 0.140 e. The highest BCUT2D eigenvalue weighted by Crippen LogP contribution is 2.12. The Balaban J connectivity index is 2.06. The SMILES string of the molecule is C[C@@H]1CN(Cc2ccc(F)c(C#N)c2)CCN1. The van der Waals surface area contributed by atoms with Gasteiger partial charge < -0.3 is 5.32 Å². The van der Waals surface area contributed by atoms with Gasteiger partial charge in [0, 0.05) is 32.2 Å². The van der Waals surface area contributed by atoms with E-state index in [4.69, 9.17) is 5.26 Å². The third-order valence-electron chi connectivity index (χ3n) is 3.01. The number of nitrogens with zero attached hydrogens (tertiary/aromatic N) is 2. The summed E-state index contributed by atoms with van der Waals surface area (Å²) in [5.41, 5.74) is 1.13. The molecule has 2 rings (SSSR count). The van der Waals surface area contributed by atoms with Gasteiger partial charge in [-0.1, -0.05) is 6.07 Å². The van der Waals surface area contributed by atoms with Crippen LogP contribution in [0.5, 0.6) is 0 Å². The van der Waals surface area contributed by atoms with Crippen molar-refractivity contribution >= 4 is 0 Å². The fourth-order valence-electron chi connectivity index (χ4n) is 2.17. The minimum Gasteiger partial charge on any atom is -0.312 e. The van der Waals surface area contributed by atoms with Crippen molar-refractivity contribution in [1.82, 2.24) is 10.2 Å². The van der Waals surface area contributed by atoms with Crippen LogP contribution in [0.25, 0.3) is 0 Å². The lowest BCUT2D eigenvalue weighted by atomic mass is 10.1. The first-order valence-corrected chi connectivity index (χ1v) is 5.83. The number of hydrogen-bond donors (Lipinski definition) is 1. The van der Waals surface area contributed by atoms with Gasteiger partial charge in [-0.3, -0.25) is 4.90 Å². The van der Waals surface area contributed by atoms with E-state index in [1.54, 1.807) is 12.1 Å². The average molecular weight is 233 g/mol. The van der Waals surface area contributed by atoms with Gasteiger partial charge in [0.2, 0.25) is 0 Å². The Kier molecular flexibility index (Phi) is 3.72. The number of rotatable bonds is 2. The van der Waals surface area contributed by atoms with E-state index in [0.29, 0.717) is 6.04 Å². The van der Waals surface area contributed by atoms with E-state index in [-0.39, 0.29) is 5.56 Å². The molecule has 17 heavy (non-hydrogen) atoms. The van der Waals surface area contributed by atoms with Crippen LogP contribution in [0.4, 0.5) is 4.39 Å². The van der Waals surface area contributed by atoms with Crippen LogP contribution in [0.2, 0.25) is 0 Å². The first-order valence-electron chi connectivity index (χ1n) is 5.83. The molecule has 1 heterocycles. The summed E-state index contributed by atoms with van der Waals surface area (Å²) < 4.78 is 13.2. The summed E-state index contributed by atoms with van der Waals surface area (Å²) in [4.78, 5) is 2.32. The van der Waals surface area contributed by atoms with Gasteiger partial charge in [-0.25, -0.2) is 4.39 Å². The van der Waals surface area contributed by atoms with E-state index >= 15 is 0 Å². The third kappa shape index (κ3) is 3.02. The summed E-state index contributed by atoms with van der Waals surface area (Å²) in [6.45, 7) is 5.88. The van der Waals surface area contributed by atoms with E-state index in [9.17, 15) is 4.39 Å². The zero-order valence-corrected chi connectivity index (χ0v) is 9.91. The molecule has 0 aliphatic carbocycles. The molecule has 0 spiro atoms. The van der Waals surface area contributed by atoms with Crippen molar-refractivity contribution in [3.8, 4) is 6.07 Å². The number of nitrogens with one attached hydrogen (secondary N) is 1. The topological polar surface area (TPSA) is 39.1 Å². The van der Waals surface area contributed by atoms with E-state index < -0.39 is 5.82 Å². The molecular formula is C13H16FN3. The Hall–Kier alpha value is -1.44. The second-order valence-corrected chi connectivity index (χ2v) is 4.52. The van der Waals surface area contributed by atoms with Gasteiger partial charge >= 0.3 is 0 Å². The van der Waals surface area contributed by atoms with Crippen molar-refractivity contribution in [2.24, 2.45) is 0 Å². The molecule has 1 saturated heterocycles. The van der Waals surface area contributed by atoms with Crippen molar-refractivity contribution in [2.75, 3.05) is 19.6 Å². The van der Waals surface area contributed by atoms with E-state index in [0.717, 1.165) is 31.7 Å². The van der Waals surface area contributed by atoms with Gasteiger partial charge in [0.15, 0.2) is 0 Å². The Labute approximate surface area is 101 Å². The molecule has 90 valence electrons. The monoisotopic (exact) mass is 233 g/mol. The summed E-state index contributed by atoms with van der Waals surface area (Å²) >= 11 is 0. The van der Waals surface area contributed by atoms with Crippen LogP contribution in [0.1, 0.15) is 18.1 Å². The van der Waals surface area contributed by atoms with E-state index in [1.807, 2.05) is 6.07 Å². The quantitative estimate of drug-likeness (QED) is 0.841. The molecule has 1 aromatic carbocycles. The molecule has 0 bridgehead atoms. The fraction of sp³-hybridized carbons (Fsp3) is 0.462. The maximum absolute atomic E-state index is 13.2. The highest BCUT2D eigenvalue weighted by Gasteiger charge is 2.15. The number of benzene rings is 1. The van der Waals surface area contributed by atoms with Crippen LogP contribution < -0.4 is 5.32 Å². The maximum Gasteiger partial charge on any atom is 0.140 e. The molecule has 0 aromatic heterocycles. The number of piperazine rings is 1. The molecule has 0 unspecified atom stereocenters. The number of halogens is 1. The molecule has 0 amide bonds. The van der Waals surface area contributed by atoms with Crippen molar-refractivity contribution < 1.29 is 4.39 Å². The van der Waals surface area contributed by atoms with Crippen molar-refractivity contribution in [1.29, 1.82) is 5.26 Å². The Morgan fingerprint density at radius 1 is 1.59 bits per heavy atom. The zero-order chi connectivity index (χ0) is 12.3. The predicted molar refractivity (Wildman–Crippen MR) is 63.9 cm³/mol. The highest BCUT2D eigenvalue weighted by molar-refractivity contribution is 5.34. The minimum absolute atomic E-state index is 0.130. The Bertz CT molecular complexity index is 439. The first-order chi connectivity index (χ1) is 8.19. The van der Waals surface area contributed by atoms with Gasteiger partial charge in [0.05, 0.1) is 5.56 Å². The maximum atomic E-state index is 13.2. The van der Waals surface area contributed by atoms with Crippen LogP contribution in [0.15, 0.2) is 18.2 Å².